The number of aliphatic hydroxyl groups excluding tert-OH is 1. The topological polar surface area (TPSA) is 90.9 Å². The Kier molecular flexibility index (Phi) is 9.07. The first-order valence-electron chi connectivity index (χ1n) is 13.5. The van der Waals surface area contributed by atoms with Gasteiger partial charge < -0.3 is 20.5 Å². The van der Waals surface area contributed by atoms with Gasteiger partial charge in [0.1, 0.15) is 0 Å². The zero-order valence-electron chi connectivity index (χ0n) is 22.4. The van der Waals surface area contributed by atoms with Gasteiger partial charge in [-0.05, 0) is 54.3 Å². The van der Waals surface area contributed by atoms with Crippen LogP contribution < -0.4 is 10.6 Å². The lowest BCUT2D eigenvalue weighted by atomic mass is 9.51. The molecule has 0 aromatic heterocycles. The quantitative estimate of drug-likeness (QED) is 0.522. The molecule has 2 aliphatic carbocycles. The van der Waals surface area contributed by atoms with Crippen LogP contribution in [0.2, 0.25) is 0 Å². The van der Waals surface area contributed by atoms with Crippen molar-refractivity contribution in [3.63, 3.8) is 0 Å². The van der Waals surface area contributed by atoms with Gasteiger partial charge in [0.05, 0.1) is 19.3 Å². The van der Waals surface area contributed by atoms with Crippen molar-refractivity contribution < 1.29 is 19.4 Å². The maximum absolute atomic E-state index is 13.0. The van der Waals surface area contributed by atoms with Crippen LogP contribution in [0, 0.1) is 34.5 Å². The fourth-order valence-electron chi connectivity index (χ4n) is 6.75. The summed E-state index contributed by atoms with van der Waals surface area (Å²) in [6, 6.07) is 0.0824. The van der Waals surface area contributed by atoms with Gasteiger partial charge in [0.15, 0.2) is 0 Å². The Hall–Kier alpha value is -1.18. The van der Waals surface area contributed by atoms with E-state index in [0.717, 1.165) is 58.5 Å². The van der Waals surface area contributed by atoms with E-state index in [0.29, 0.717) is 13.0 Å². The Morgan fingerprint density at radius 2 is 1.82 bits per heavy atom. The van der Waals surface area contributed by atoms with Gasteiger partial charge in [-0.2, -0.15) is 0 Å². The van der Waals surface area contributed by atoms with Gasteiger partial charge in [0, 0.05) is 44.6 Å². The predicted octanol–water partition coefficient (Wildman–Crippen LogP) is 2.82. The summed E-state index contributed by atoms with van der Waals surface area (Å²) in [4.78, 5) is 27.9. The van der Waals surface area contributed by atoms with Crippen molar-refractivity contribution in [1.29, 1.82) is 0 Å². The first kappa shape index (κ1) is 27.4. The van der Waals surface area contributed by atoms with Gasteiger partial charge in [-0.15, -0.1) is 0 Å². The second-order valence-electron chi connectivity index (χ2n) is 12.7. The Labute approximate surface area is 206 Å². The summed E-state index contributed by atoms with van der Waals surface area (Å²) < 4.78 is 5.39. The van der Waals surface area contributed by atoms with E-state index in [2.05, 4.69) is 50.2 Å². The zero-order chi connectivity index (χ0) is 25.1. The van der Waals surface area contributed by atoms with Crippen molar-refractivity contribution in [1.82, 2.24) is 15.5 Å². The summed E-state index contributed by atoms with van der Waals surface area (Å²) in [7, 11) is 0. The third-order valence-electron chi connectivity index (χ3n) is 8.81. The van der Waals surface area contributed by atoms with E-state index in [1.54, 1.807) is 0 Å². The largest absolute Gasteiger partial charge is 0.392 e. The molecule has 3 aliphatic rings. The lowest BCUT2D eigenvalue weighted by Gasteiger charge is -2.56. The number of hydrogen-bond acceptors (Lipinski definition) is 5. The van der Waals surface area contributed by atoms with Gasteiger partial charge >= 0.3 is 0 Å². The van der Waals surface area contributed by atoms with Crippen molar-refractivity contribution in [3.05, 3.63) is 0 Å². The number of carbonyl (C=O) groups excluding carboxylic acids is 2. The minimum atomic E-state index is -0.531. The molecule has 1 heterocycles. The van der Waals surface area contributed by atoms with Crippen LogP contribution in [0.15, 0.2) is 0 Å². The number of fused-ring (bicyclic) bond motifs is 1. The molecule has 0 spiro atoms. The average Bonchev–Trinajstić information content (AvgIpc) is 2.75. The predicted molar refractivity (Wildman–Crippen MR) is 134 cm³/mol. The highest BCUT2D eigenvalue weighted by atomic mass is 16.5. The monoisotopic (exact) mass is 479 g/mol. The molecule has 7 atom stereocenters. The van der Waals surface area contributed by atoms with Gasteiger partial charge in [-0.1, -0.05) is 41.5 Å². The SMILES string of the molecule is CC(C(=O)NCCN1CCOCC1)C1CCC2(C)CCC(NC(=O)CC(C)(C)C)C(C)C2C1O. The first-order chi connectivity index (χ1) is 15.9. The van der Waals surface area contributed by atoms with Crippen molar-refractivity contribution in [3.8, 4) is 0 Å². The fraction of sp³-hybridized carbons (Fsp3) is 0.926. The van der Waals surface area contributed by atoms with Crippen molar-refractivity contribution >= 4 is 11.8 Å². The number of carbonyl (C=O) groups is 2. The van der Waals surface area contributed by atoms with Crippen LogP contribution in [0.3, 0.4) is 0 Å². The smallest absolute Gasteiger partial charge is 0.223 e. The molecule has 0 radical (unpaired) electrons. The number of rotatable bonds is 7. The zero-order valence-corrected chi connectivity index (χ0v) is 22.4. The molecule has 34 heavy (non-hydrogen) atoms. The van der Waals surface area contributed by atoms with E-state index in [4.69, 9.17) is 4.74 Å². The van der Waals surface area contributed by atoms with Crippen LogP contribution in [-0.2, 0) is 14.3 Å². The maximum atomic E-state index is 13.0. The number of nitrogens with one attached hydrogen (secondary N) is 2. The Bertz CT molecular complexity index is 702. The molecule has 2 amide bonds. The van der Waals surface area contributed by atoms with Crippen LogP contribution >= 0.6 is 0 Å². The Balaban J connectivity index is 1.58. The van der Waals surface area contributed by atoms with E-state index in [1.807, 2.05) is 6.92 Å². The highest BCUT2D eigenvalue weighted by molar-refractivity contribution is 5.78. The second-order valence-corrected chi connectivity index (χ2v) is 12.7. The summed E-state index contributed by atoms with van der Waals surface area (Å²) in [6.07, 6.45) is 3.84. The summed E-state index contributed by atoms with van der Waals surface area (Å²) >= 11 is 0. The molecule has 196 valence electrons. The maximum Gasteiger partial charge on any atom is 0.223 e. The highest BCUT2D eigenvalue weighted by Crippen LogP contribution is 2.55. The van der Waals surface area contributed by atoms with Gasteiger partial charge in [0.25, 0.3) is 0 Å². The number of morpholine rings is 1. The molecule has 0 aromatic carbocycles. The van der Waals surface area contributed by atoms with Crippen LogP contribution in [0.4, 0.5) is 0 Å². The molecular weight excluding hydrogens is 430 g/mol. The molecule has 0 aromatic rings. The normalized spacial score (nSPS) is 35.8. The average molecular weight is 480 g/mol. The molecule has 3 rings (SSSR count). The molecule has 2 saturated carbocycles. The summed E-state index contributed by atoms with van der Waals surface area (Å²) in [5.41, 5.74) is 0.0175. The standard InChI is InChI=1S/C27H49N3O4/c1-18(25(33)28-11-12-30-13-15-34-16-14-30)20-7-9-27(6)10-8-21(19(2)23(27)24(20)32)29-22(31)17-26(3,4)5/h18-21,23-24,32H,7-17H2,1-6H3,(H,28,33)(H,29,31). The van der Waals surface area contributed by atoms with Gasteiger partial charge in [-0.3, -0.25) is 14.5 Å². The Morgan fingerprint density at radius 3 is 2.47 bits per heavy atom. The molecule has 7 unspecified atom stereocenters. The van der Waals surface area contributed by atoms with E-state index >= 15 is 0 Å². The lowest BCUT2D eigenvalue weighted by Crippen LogP contribution is -2.58. The molecular formula is C27H49N3O4. The van der Waals surface area contributed by atoms with Crippen molar-refractivity contribution in [2.75, 3.05) is 39.4 Å². The van der Waals surface area contributed by atoms with Crippen LogP contribution in [0.1, 0.15) is 73.6 Å². The Morgan fingerprint density at radius 1 is 1.18 bits per heavy atom. The molecule has 3 N–H and O–H groups in total. The minimum absolute atomic E-state index is 0.0411. The van der Waals surface area contributed by atoms with Crippen LogP contribution in [0.25, 0.3) is 0 Å². The van der Waals surface area contributed by atoms with Gasteiger partial charge in [0.2, 0.25) is 11.8 Å². The number of amides is 2. The van der Waals surface area contributed by atoms with E-state index in [9.17, 15) is 14.7 Å². The number of hydrogen-bond donors (Lipinski definition) is 3. The van der Waals surface area contributed by atoms with Crippen molar-refractivity contribution in [2.45, 2.75) is 85.8 Å². The van der Waals surface area contributed by atoms with Gasteiger partial charge in [-0.25, -0.2) is 0 Å². The van der Waals surface area contributed by atoms with Crippen LogP contribution in [-0.4, -0.2) is 73.4 Å². The molecule has 0 bridgehead atoms. The molecule has 7 heteroatoms. The lowest BCUT2D eigenvalue weighted by molar-refractivity contribution is -0.144. The second kappa shape index (κ2) is 11.3. The summed E-state index contributed by atoms with van der Waals surface area (Å²) in [5, 5.41) is 18.0. The summed E-state index contributed by atoms with van der Waals surface area (Å²) in [6.45, 7) is 17.5. The number of nitrogens with zero attached hydrogens (tertiary/aromatic N) is 1. The van der Waals surface area contributed by atoms with Crippen molar-refractivity contribution in [2.24, 2.45) is 34.5 Å². The van der Waals surface area contributed by atoms with Crippen LogP contribution in [0.5, 0.6) is 0 Å². The molecule has 1 saturated heterocycles. The van der Waals surface area contributed by atoms with E-state index < -0.39 is 6.10 Å². The highest BCUT2D eigenvalue weighted by Gasteiger charge is 2.53. The fourth-order valence-corrected chi connectivity index (χ4v) is 6.75. The van der Waals surface area contributed by atoms with E-state index in [-0.39, 0.29) is 52.4 Å². The summed E-state index contributed by atoms with van der Waals surface area (Å²) in [5.74, 6) is 0.128. The minimum Gasteiger partial charge on any atom is -0.392 e. The third-order valence-corrected chi connectivity index (χ3v) is 8.81. The molecule has 7 nitrogen and oxygen atoms in total. The molecule has 3 fully saturated rings. The first-order valence-corrected chi connectivity index (χ1v) is 13.5. The molecule has 1 aliphatic heterocycles. The third kappa shape index (κ3) is 6.73. The van der Waals surface area contributed by atoms with E-state index in [1.165, 1.54) is 0 Å². The number of aliphatic hydroxyl groups is 1. The number of ether oxygens (including phenoxy) is 1.